The molecule has 6 heteroatoms. The lowest BCUT2D eigenvalue weighted by molar-refractivity contribution is -0.118. The highest BCUT2D eigenvalue weighted by Crippen LogP contribution is 2.22. The van der Waals surface area contributed by atoms with Crippen LogP contribution >= 0.6 is 11.3 Å². The Labute approximate surface area is 151 Å². The number of thiophene rings is 1. The fraction of sp³-hybridized carbons (Fsp3) is 0.316. The van der Waals surface area contributed by atoms with E-state index in [2.05, 4.69) is 17.1 Å². The molecule has 0 unspecified atom stereocenters. The number of aryl methyl sites for hydroxylation is 1. The van der Waals surface area contributed by atoms with E-state index in [9.17, 15) is 4.79 Å². The molecule has 0 atom stereocenters. The normalized spacial score (nSPS) is 10.8. The second kappa shape index (κ2) is 8.58. The largest absolute Gasteiger partial charge is 0.339 e. The maximum atomic E-state index is 12.7. The van der Waals surface area contributed by atoms with Crippen molar-refractivity contribution in [3.8, 4) is 10.7 Å². The number of benzene rings is 1. The van der Waals surface area contributed by atoms with Crippen molar-refractivity contribution in [2.45, 2.75) is 32.6 Å². The van der Waals surface area contributed by atoms with Gasteiger partial charge in [0.1, 0.15) is 0 Å². The molecule has 2 aromatic heterocycles. The van der Waals surface area contributed by atoms with Crippen molar-refractivity contribution in [2.24, 2.45) is 0 Å². The minimum absolute atomic E-state index is 0.0792. The Hall–Kier alpha value is -2.47. The number of hydrogen-bond acceptors (Lipinski definition) is 5. The van der Waals surface area contributed by atoms with Crippen LogP contribution in [0.5, 0.6) is 0 Å². The number of aromatic nitrogens is 2. The lowest BCUT2D eigenvalue weighted by atomic mass is 10.2. The van der Waals surface area contributed by atoms with Crippen LogP contribution in [0.4, 0.5) is 5.69 Å². The number of nitrogens with zero attached hydrogens (tertiary/aromatic N) is 3. The molecule has 0 N–H and O–H groups in total. The molecule has 0 aliphatic heterocycles. The molecule has 0 fully saturated rings. The van der Waals surface area contributed by atoms with Gasteiger partial charge in [-0.25, -0.2) is 0 Å². The maximum absolute atomic E-state index is 12.7. The van der Waals surface area contributed by atoms with E-state index in [4.69, 9.17) is 4.52 Å². The summed E-state index contributed by atoms with van der Waals surface area (Å²) < 4.78 is 5.28. The van der Waals surface area contributed by atoms with Crippen molar-refractivity contribution >= 4 is 22.9 Å². The third-order valence-corrected chi connectivity index (χ3v) is 4.73. The molecule has 0 radical (unpaired) electrons. The van der Waals surface area contributed by atoms with Crippen LogP contribution in [0.1, 0.15) is 32.1 Å². The number of carbonyl (C=O) groups is 1. The average molecular weight is 355 g/mol. The lowest BCUT2D eigenvalue weighted by Gasteiger charge is -2.22. The minimum Gasteiger partial charge on any atom is -0.339 e. The van der Waals surface area contributed by atoms with Gasteiger partial charge in [-0.05, 0) is 30.0 Å². The Kier molecular flexibility index (Phi) is 5.95. The van der Waals surface area contributed by atoms with Gasteiger partial charge >= 0.3 is 0 Å². The van der Waals surface area contributed by atoms with Crippen LogP contribution in [-0.2, 0) is 11.2 Å². The topological polar surface area (TPSA) is 59.2 Å². The van der Waals surface area contributed by atoms with Gasteiger partial charge in [0.15, 0.2) is 0 Å². The SMILES string of the molecule is CCCCN(C(=O)CCc1nc(-c2cccs2)no1)c1ccccc1. The van der Waals surface area contributed by atoms with E-state index >= 15 is 0 Å². The number of anilines is 1. The van der Waals surface area contributed by atoms with E-state index in [1.807, 2.05) is 52.7 Å². The van der Waals surface area contributed by atoms with Crippen molar-refractivity contribution < 1.29 is 9.32 Å². The summed E-state index contributed by atoms with van der Waals surface area (Å²) in [4.78, 5) is 19.9. The van der Waals surface area contributed by atoms with Crippen molar-refractivity contribution in [2.75, 3.05) is 11.4 Å². The molecular formula is C19H21N3O2S. The first kappa shape index (κ1) is 17.4. The molecule has 1 aromatic carbocycles. The standard InChI is InChI=1S/C19H21N3O2S/c1-2-3-13-22(15-8-5-4-6-9-15)18(23)12-11-17-20-19(21-24-17)16-10-7-14-25-16/h4-10,14H,2-3,11-13H2,1H3. The summed E-state index contributed by atoms with van der Waals surface area (Å²) in [7, 11) is 0. The molecule has 2 heterocycles. The zero-order valence-electron chi connectivity index (χ0n) is 14.2. The quantitative estimate of drug-likeness (QED) is 0.594. The van der Waals surface area contributed by atoms with Crippen LogP contribution in [0.25, 0.3) is 10.7 Å². The summed E-state index contributed by atoms with van der Waals surface area (Å²) >= 11 is 1.56. The highest BCUT2D eigenvalue weighted by Gasteiger charge is 2.17. The number of hydrogen-bond donors (Lipinski definition) is 0. The zero-order chi connectivity index (χ0) is 17.5. The number of amides is 1. The number of para-hydroxylation sites is 1. The summed E-state index contributed by atoms with van der Waals surface area (Å²) in [5.74, 6) is 1.17. The number of carbonyl (C=O) groups excluding carboxylic acids is 1. The van der Waals surface area contributed by atoms with Gasteiger partial charge in [0.2, 0.25) is 17.6 Å². The van der Waals surface area contributed by atoms with Gasteiger partial charge in [0, 0.05) is 25.1 Å². The highest BCUT2D eigenvalue weighted by atomic mass is 32.1. The number of rotatable bonds is 8. The van der Waals surface area contributed by atoms with Gasteiger partial charge < -0.3 is 9.42 Å². The molecule has 0 saturated heterocycles. The minimum atomic E-state index is 0.0792. The van der Waals surface area contributed by atoms with Crippen molar-refractivity contribution in [1.82, 2.24) is 10.1 Å². The van der Waals surface area contributed by atoms with E-state index in [1.165, 1.54) is 0 Å². The Morgan fingerprint density at radius 1 is 1.20 bits per heavy atom. The number of unbranched alkanes of at least 4 members (excludes halogenated alkanes) is 1. The fourth-order valence-electron chi connectivity index (χ4n) is 2.53. The summed E-state index contributed by atoms with van der Waals surface area (Å²) in [6, 6.07) is 13.7. The van der Waals surface area contributed by atoms with Gasteiger partial charge in [-0.15, -0.1) is 11.3 Å². The first-order chi connectivity index (χ1) is 12.3. The summed E-state index contributed by atoms with van der Waals surface area (Å²) in [5, 5.41) is 5.96. The highest BCUT2D eigenvalue weighted by molar-refractivity contribution is 7.13. The van der Waals surface area contributed by atoms with Gasteiger partial charge in [0.05, 0.1) is 4.88 Å². The monoisotopic (exact) mass is 355 g/mol. The lowest BCUT2D eigenvalue weighted by Crippen LogP contribution is -2.32. The van der Waals surface area contributed by atoms with Crippen LogP contribution in [0.2, 0.25) is 0 Å². The Balaban J connectivity index is 1.63. The van der Waals surface area contributed by atoms with Crippen molar-refractivity contribution in [3.63, 3.8) is 0 Å². The van der Waals surface area contributed by atoms with E-state index in [-0.39, 0.29) is 5.91 Å². The van der Waals surface area contributed by atoms with Gasteiger partial charge in [-0.3, -0.25) is 4.79 Å². The van der Waals surface area contributed by atoms with E-state index < -0.39 is 0 Å². The Morgan fingerprint density at radius 2 is 2.04 bits per heavy atom. The fourth-order valence-corrected chi connectivity index (χ4v) is 3.18. The average Bonchev–Trinajstić information content (AvgIpc) is 3.32. The maximum Gasteiger partial charge on any atom is 0.227 e. The van der Waals surface area contributed by atoms with E-state index in [0.29, 0.717) is 24.6 Å². The first-order valence-electron chi connectivity index (χ1n) is 8.50. The Morgan fingerprint density at radius 3 is 2.76 bits per heavy atom. The predicted molar refractivity (Wildman–Crippen MR) is 99.6 cm³/mol. The second-order valence-corrected chi connectivity index (χ2v) is 6.67. The molecule has 0 spiro atoms. The van der Waals surface area contributed by atoms with Gasteiger partial charge in [-0.2, -0.15) is 4.98 Å². The summed E-state index contributed by atoms with van der Waals surface area (Å²) in [6.45, 7) is 2.85. The van der Waals surface area contributed by atoms with Crippen molar-refractivity contribution in [3.05, 3.63) is 53.7 Å². The molecule has 3 aromatic rings. The second-order valence-electron chi connectivity index (χ2n) is 5.72. The van der Waals surface area contributed by atoms with E-state index in [0.717, 1.165) is 30.0 Å². The van der Waals surface area contributed by atoms with Gasteiger partial charge in [0.25, 0.3) is 0 Å². The van der Waals surface area contributed by atoms with Crippen LogP contribution in [0.15, 0.2) is 52.4 Å². The van der Waals surface area contributed by atoms with Crippen LogP contribution in [0, 0.1) is 0 Å². The first-order valence-corrected chi connectivity index (χ1v) is 9.37. The molecule has 0 aliphatic carbocycles. The molecular weight excluding hydrogens is 334 g/mol. The summed E-state index contributed by atoms with van der Waals surface area (Å²) in [5.41, 5.74) is 0.936. The van der Waals surface area contributed by atoms with Gasteiger partial charge in [-0.1, -0.05) is 42.8 Å². The third-order valence-electron chi connectivity index (χ3n) is 3.87. The Bertz CT molecular complexity index is 784. The van der Waals surface area contributed by atoms with Crippen molar-refractivity contribution in [1.29, 1.82) is 0 Å². The van der Waals surface area contributed by atoms with Crippen LogP contribution < -0.4 is 4.90 Å². The molecule has 0 bridgehead atoms. The smallest absolute Gasteiger partial charge is 0.227 e. The van der Waals surface area contributed by atoms with Crippen LogP contribution in [0.3, 0.4) is 0 Å². The van der Waals surface area contributed by atoms with Crippen LogP contribution in [-0.4, -0.2) is 22.6 Å². The molecule has 0 saturated carbocycles. The molecule has 3 rings (SSSR count). The molecule has 1 amide bonds. The molecule has 25 heavy (non-hydrogen) atoms. The predicted octanol–water partition coefficient (Wildman–Crippen LogP) is 4.56. The molecule has 130 valence electrons. The molecule has 0 aliphatic rings. The third kappa shape index (κ3) is 4.54. The van der Waals surface area contributed by atoms with E-state index in [1.54, 1.807) is 11.3 Å². The summed E-state index contributed by atoms with van der Waals surface area (Å²) in [6.07, 6.45) is 2.82. The zero-order valence-corrected chi connectivity index (χ0v) is 15.0. The molecule has 5 nitrogen and oxygen atoms in total.